The smallest absolute Gasteiger partial charge is 0.265 e. The SMILES string of the molecule is COc1csc(C(=O)Nc2cc(N)ccc2OC)c1. The zero-order valence-corrected chi connectivity index (χ0v) is 11.4. The summed E-state index contributed by atoms with van der Waals surface area (Å²) in [5.74, 6) is 0.998. The largest absolute Gasteiger partial charge is 0.496 e. The van der Waals surface area contributed by atoms with Gasteiger partial charge in [0.05, 0.1) is 24.8 Å². The Bertz CT molecular complexity index is 595. The van der Waals surface area contributed by atoms with Crippen molar-refractivity contribution < 1.29 is 14.3 Å². The van der Waals surface area contributed by atoms with Gasteiger partial charge in [-0.1, -0.05) is 0 Å². The Morgan fingerprint density at radius 3 is 2.68 bits per heavy atom. The number of amides is 1. The van der Waals surface area contributed by atoms with Gasteiger partial charge in [0.25, 0.3) is 5.91 Å². The molecule has 0 bridgehead atoms. The van der Waals surface area contributed by atoms with E-state index in [2.05, 4.69) is 5.32 Å². The van der Waals surface area contributed by atoms with Gasteiger partial charge in [0.2, 0.25) is 0 Å². The second kappa shape index (κ2) is 5.62. The molecule has 3 N–H and O–H groups in total. The van der Waals surface area contributed by atoms with Crippen molar-refractivity contribution in [1.29, 1.82) is 0 Å². The molecule has 1 amide bonds. The van der Waals surface area contributed by atoms with E-state index in [4.69, 9.17) is 15.2 Å². The fourth-order valence-electron chi connectivity index (χ4n) is 1.55. The molecular formula is C13H14N2O3S. The third-order valence-electron chi connectivity index (χ3n) is 2.51. The van der Waals surface area contributed by atoms with Gasteiger partial charge >= 0.3 is 0 Å². The summed E-state index contributed by atoms with van der Waals surface area (Å²) in [5, 5.41) is 4.54. The van der Waals surface area contributed by atoms with Crippen LogP contribution in [0.4, 0.5) is 11.4 Å². The van der Waals surface area contributed by atoms with Gasteiger partial charge in [0.1, 0.15) is 11.5 Å². The van der Waals surface area contributed by atoms with Crippen LogP contribution in [0.5, 0.6) is 11.5 Å². The van der Waals surface area contributed by atoms with Crippen molar-refractivity contribution >= 4 is 28.6 Å². The summed E-state index contributed by atoms with van der Waals surface area (Å²) in [6.07, 6.45) is 0. The second-order valence-electron chi connectivity index (χ2n) is 3.76. The molecule has 1 aromatic heterocycles. The van der Waals surface area contributed by atoms with Gasteiger partial charge in [0.15, 0.2) is 0 Å². The average Bonchev–Trinajstić information content (AvgIpc) is 2.88. The maximum absolute atomic E-state index is 12.1. The zero-order chi connectivity index (χ0) is 13.8. The quantitative estimate of drug-likeness (QED) is 0.843. The van der Waals surface area contributed by atoms with Gasteiger partial charge in [-0.05, 0) is 18.2 Å². The number of methoxy groups -OCH3 is 2. The number of nitrogens with one attached hydrogen (secondary N) is 1. The van der Waals surface area contributed by atoms with Crippen molar-refractivity contribution in [2.45, 2.75) is 0 Å². The molecule has 0 unspecified atom stereocenters. The molecule has 2 aromatic rings. The molecule has 0 atom stereocenters. The van der Waals surface area contributed by atoms with Gasteiger partial charge < -0.3 is 20.5 Å². The van der Waals surface area contributed by atoms with Crippen LogP contribution >= 0.6 is 11.3 Å². The van der Waals surface area contributed by atoms with E-state index in [-0.39, 0.29) is 5.91 Å². The molecule has 0 aliphatic heterocycles. The number of nitrogen functional groups attached to an aromatic ring is 1. The Balaban J connectivity index is 2.20. The van der Waals surface area contributed by atoms with Crippen LogP contribution in [0.3, 0.4) is 0 Å². The number of thiophene rings is 1. The first-order chi connectivity index (χ1) is 9.13. The van der Waals surface area contributed by atoms with Gasteiger partial charge in [-0.3, -0.25) is 4.79 Å². The van der Waals surface area contributed by atoms with Crippen LogP contribution in [0.25, 0.3) is 0 Å². The summed E-state index contributed by atoms with van der Waals surface area (Å²) < 4.78 is 10.2. The van der Waals surface area contributed by atoms with Gasteiger partial charge in [-0.25, -0.2) is 0 Å². The van der Waals surface area contributed by atoms with Crippen molar-refractivity contribution in [2.75, 3.05) is 25.3 Å². The number of hydrogen-bond acceptors (Lipinski definition) is 5. The number of hydrogen-bond donors (Lipinski definition) is 2. The maximum Gasteiger partial charge on any atom is 0.265 e. The highest BCUT2D eigenvalue weighted by molar-refractivity contribution is 7.12. The third kappa shape index (κ3) is 2.97. The molecule has 0 spiro atoms. The normalized spacial score (nSPS) is 10.0. The van der Waals surface area contributed by atoms with Gasteiger partial charge in [0, 0.05) is 17.1 Å². The average molecular weight is 278 g/mol. The molecule has 19 heavy (non-hydrogen) atoms. The maximum atomic E-state index is 12.1. The molecule has 0 radical (unpaired) electrons. The Morgan fingerprint density at radius 1 is 1.26 bits per heavy atom. The summed E-state index contributed by atoms with van der Waals surface area (Å²) in [7, 11) is 3.10. The molecule has 2 rings (SSSR count). The first kappa shape index (κ1) is 13.2. The van der Waals surface area contributed by atoms with Crippen LogP contribution in [-0.4, -0.2) is 20.1 Å². The van der Waals surface area contributed by atoms with E-state index >= 15 is 0 Å². The fourth-order valence-corrected chi connectivity index (χ4v) is 2.30. The zero-order valence-electron chi connectivity index (χ0n) is 10.6. The number of ether oxygens (including phenoxy) is 2. The van der Waals surface area contributed by atoms with E-state index in [1.807, 2.05) is 0 Å². The molecule has 0 fully saturated rings. The monoisotopic (exact) mass is 278 g/mol. The number of carbonyl (C=O) groups excluding carboxylic acids is 1. The van der Waals surface area contributed by atoms with Crippen LogP contribution in [0.1, 0.15) is 9.67 Å². The van der Waals surface area contributed by atoms with Crippen LogP contribution in [0.15, 0.2) is 29.6 Å². The molecule has 1 heterocycles. The molecular weight excluding hydrogens is 264 g/mol. The van der Waals surface area contributed by atoms with Gasteiger partial charge in [-0.15, -0.1) is 11.3 Å². The first-order valence-electron chi connectivity index (χ1n) is 5.51. The molecule has 5 nitrogen and oxygen atoms in total. The minimum atomic E-state index is -0.225. The van der Waals surface area contributed by atoms with Gasteiger partial charge in [-0.2, -0.15) is 0 Å². The molecule has 0 saturated heterocycles. The minimum Gasteiger partial charge on any atom is -0.496 e. The standard InChI is InChI=1S/C13H14N2O3S/c1-17-9-6-12(19-7-9)13(16)15-10-5-8(14)3-4-11(10)18-2/h3-7H,14H2,1-2H3,(H,15,16). The summed E-state index contributed by atoms with van der Waals surface area (Å²) in [6.45, 7) is 0. The van der Waals surface area contributed by atoms with Crippen LogP contribution < -0.4 is 20.5 Å². The Kier molecular flexibility index (Phi) is 3.91. The van der Waals surface area contributed by atoms with E-state index in [1.54, 1.807) is 36.8 Å². The van der Waals surface area contributed by atoms with Crippen LogP contribution in [0, 0.1) is 0 Å². The van der Waals surface area contributed by atoms with Crippen molar-refractivity contribution in [1.82, 2.24) is 0 Å². The summed E-state index contributed by atoms with van der Waals surface area (Å²) in [5.41, 5.74) is 6.79. The lowest BCUT2D eigenvalue weighted by Crippen LogP contribution is -2.11. The van der Waals surface area contributed by atoms with Crippen LogP contribution in [0.2, 0.25) is 0 Å². The predicted octanol–water partition coefficient (Wildman–Crippen LogP) is 2.60. The van der Waals surface area contributed by atoms with Crippen molar-refractivity contribution in [3.05, 3.63) is 34.5 Å². The minimum absolute atomic E-state index is 0.225. The molecule has 0 aliphatic carbocycles. The molecule has 6 heteroatoms. The van der Waals surface area contributed by atoms with Crippen LogP contribution in [-0.2, 0) is 0 Å². The number of anilines is 2. The highest BCUT2D eigenvalue weighted by atomic mass is 32.1. The van der Waals surface area contributed by atoms with E-state index < -0.39 is 0 Å². The van der Waals surface area contributed by atoms with Crippen molar-refractivity contribution in [3.63, 3.8) is 0 Å². The highest BCUT2D eigenvalue weighted by Crippen LogP contribution is 2.28. The Hall–Kier alpha value is -2.21. The number of carbonyl (C=O) groups is 1. The Morgan fingerprint density at radius 2 is 2.05 bits per heavy atom. The molecule has 100 valence electrons. The first-order valence-corrected chi connectivity index (χ1v) is 6.39. The lowest BCUT2D eigenvalue weighted by molar-refractivity contribution is 0.103. The van der Waals surface area contributed by atoms with E-state index in [1.165, 1.54) is 18.4 Å². The highest BCUT2D eigenvalue weighted by Gasteiger charge is 2.12. The number of rotatable bonds is 4. The number of nitrogens with two attached hydrogens (primary N) is 1. The van der Waals surface area contributed by atoms with Crippen molar-refractivity contribution in [3.8, 4) is 11.5 Å². The Labute approximate surface area is 115 Å². The topological polar surface area (TPSA) is 73.6 Å². The number of benzene rings is 1. The van der Waals surface area contributed by atoms with E-state index in [0.29, 0.717) is 27.8 Å². The summed E-state index contributed by atoms with van der Waals surface area (Å²) in [4.78, 5) is 12.6. The third-order valence-corrected chi connectivity index (χ3v) is 3.41. The molecule has 0 aliphatic rings. The lowest BCUT2D eigenvalue weighted by Gasteiger charge is -2.10. The fraction of sp³-hybridized carbons (Fsp3) is 0.154. The second-order valence-corrected chi connectivity index (χ2v) is 4.68. The molecule has 0 saturated carbocycles. The van der Waals surface area contributed by atoms with E-state index in [0.717, 1.165) is 0 Å². The van der Waals surface area contributed by atoms with Crippen molar-refractivity contribution in [2.24, 2.45) is 0 Å². The van der Waals surface area contributed by atoms with E-state index in [9.17, 15) is 4.79 Å². The lowest BCUT2D eigenvalue weighted by atomic mass is 10.2. The molecule has 1 aromatic carbocycles. The predicted molar refractivity (Wildman–Crippen MR) is 76.2 cm³/mol. The summed E-state index contributed by atoms with van der Waals surface area (Å²) in [6, 6.07) is 6.75. The summed E-state index contributed by atoms with van der Waals surface area (Å²) >= 11 is 1.31.